The van der Waals surface area contributed by atoms with Gasteiger partial charge in [0.05, 0.1) is 14.2 Å². The number of nitrogens with one attached hydrogen (secondary N) is 1. The number of hydrogen-bond acceptors (Lipinski definition) is 6. The summed E-state index contributed by atoms with van der Waals surface area (Å²) >= 11 is 0.977. The molecular formula is C20H19N3O4S. The van der Waals surface area contributed by atoms with E-state index in [0.717, 1.165) is 28.5 Å². The van der Waals surface area contributed by atoms with Gasteiger partial charge in [-0.1, -0.05) is 29.8 Å². The molecule has 0 saturated carbocycles. The predicted molar refractivity (Wildman–Crippen MR) is 108 cm³/mol. The Bertz CT molecular complexity index is 990. The summed E-state index contributed by atoms with van der Waals surface area (Å²) < 4.78 is 10.5. The summed E-state index contributed by atoms with van der Waals surface area (Å²) in [5, 5.41) is 16.8. The van der Waals surface area contributed by atoms with E-state index >= 15 is 0 Å². The SMILES string of the molecule is COc1cc(OC)cc(-c2nc(S/C(=C/c3ccc(C)cc3)C(=O)O)n[nH]2)c1. The van der Waals surface area contributed by atoms with E-state index in [2.05, 4.69) is 15.2 Å². The van der Waals surface area contributed by atoms with Crippen LogP contribution in [-0.2, 0) is 4.79 Å². The first-order chi connectivity index (χ1) is 13.5. The molecule has 0 bridgehead atoms. The Morgan fingerprint density at radius 3 is 2.32 bits per heavy atom. The topological polar surface area (TPSA) is 97.3 Å². The quantitative estimate of drug-likeness (QED) is 0.459. The molecule has 1 heterocycles. The van der Waals surface area contributed by atoms with Crippen LogP contribution in [0.3, 0.4) is 0 Å². The second kappa shape index (κ2) is 8.62. The highest BCUT2D eigenvalue weighted by Crippen LogP contribution is 2.31. The molecule has 0 atom stereocenters. The Hall–Kier alpha value is -3.26. The monoisotopic (exact) mass is 397 g/mol. The zero-order valence-corrected chi connectivity index (χ0v) is 16.4. The van der Waals surface area contributed by atoms with Crippen molar-refractivity contribution in [2.24, 2.45) is 0 Å². The summed E-state index contributed by atoms with van der Waals surface area (Å²) in [6, 6.07) is 12.9. The number of carboxylic acid groups (broad SMARTS) is 1. The molecule has 0 radical (unpaired) electrons. The fourth-order valence-electron chi connectivity index (χ4n) is 2.41. The van der Waals surface area contributed by atoms with E-state index in [0.29, 0.717) is 22.5 Å². The molecule has 0 saturated heterocycles. The lowest BCUT2D eigenvalue weighted by molar-refractivity contribution is -0.131. The normalized spacial score (nSPS) is 11.3. The number of benzene rings is 2. The van der Waals surface area contributed by atoms with Crippen molar-refractivity contribution in [3.8, 4) is 22.9 Å². The van der Waals surface area contributed by atoms with E-state index in [1.165, 1.54) is 0 Å². The second-order valence-corrected chi connectivity index (χ2v) is 6.90. The van der Waals surface area contributed by atoms with Crippen LogP contribution in [0.15, 0.2) is 52.5 Å². The van der Waals surface area contributed by atoms with Crippen molar-refractivity contribution in [3.63, 3.8) is 0 Å². The number of aromatic amines is 1. The number of ether oxygens (including phenoxy) is 2. The molecular weight excluding hydrogens is 378 g/mol. The fraction of sp³-hybridized carbons (Fsp3) is 0.150. The first-order valence-electron chi connectivity index (χ1n) is 8.34. The number of carboxylic acids is 1. The van der Waals surface area contributed by atoms with Crippen LogP contribution in [0.25, 0.3) is 17.5 Å². The standard InChI is InChI=1S/C20H19N3O4S/c1-12-4-6-13(7-5-12)8-17(19(24)25)28-20-21-18(22-23-20)14-9-15(26-2)11-16(10-14)27-3/h4-11H,1-3H3,(H,24,25)(H,21,22,23)/b17-8+. The number of nitrogens with zero attached hydrogens (tertiary/aromatic N) is 2. The van der Waals surface area contributed by atoms with Gasteiger partial charge in [0.2, 0.25) is 5.16 Å². The number of aliphatic carboxylic acids is 1. The van der Waals surface area contributed by atoms with Crippen LogP contribution in [0, 0.1) is 6.92 Å². The predicted octanol–water partition coefficient (Wildman–Crippen LogP) is 4.02. The zero-order chi connectivity index (χ0) is 20.1. The first-order valence-corrected chi connectivity index (χ1v) is 9.15. The molecule has 28 heavy (non-hydrogen) atoms. The number of aromatic nitrogens is 3. The Kier molecular flexibility index (Phi) is 6.00. The van der Waals surface area contributed by atoms with Crippen molar-refractivity contribution in [2.75, 3.05) is 14.2 Å². The molecule has 3 rings (SSSR count). The first kappa shape index (κ1) is 19.5. The third-order valence-electron chi connectivity index (χ3n) is 3.88. The van der Waals surface area contributed by atoms with Crippen LogP contribution in [0.4, 0.5) is 0 Å². The van der Waals surface area contributed by atoms with Crippen LogP contribution in [0.2, 0.25) is 0 Å². The van der Waals surface area contributed by atoms with Gasteiger partial charge in [-0.2, -0.15) is 0 Å². The molecule has 0 aliphatic rings. The van der Waals surface area contributed by atoms with Crippen LogP contribution < -0.4 is 9.47 Å². The number of rotatable bonds is 7. The summed E-state index contributed by atoms with van der Waals surface area (Å²) in [5.41, 5.74) is 2.62. The van der Waals surface area contributed by atoms with Gasteiger partial charge in [0, 0.05) is 11.6 Å². The van der Waals surface area contributed by atoms with E-state index in [1.807, 2.05) is 31.2 Å². The largest absolute Gasteiger partial charge is 0.497 e. The van der Waals surface area contributed by atoms with Crippen molar-refractivity contribution in [3.05, 3.63) is 58.5 Å². The van der Waals surface area contributed by atoms with Crippen molar-refractivity contribution in [2.45, 2.75) is 12.1 Å². The van der Waals surface area contributed by atoms with Gasteiger partial charge in [-0.25, -0.2) is 9.78 Å². The highest BCUT2D eigenvalue weighted by Gasteiger charge is 2.15. The Labute approximate surface area is 166 Å². The molecule has 3 aromatic rings. The maximum absolute atomic E-state index is 11.6. The number of H-pyrrole nitrogens is 1. The molecule has 144 valence electrons. The summed E-state index contributed by atoms with van der Waals surface area (Å²) in [4.78, 5) is 16.1. The maximum Gasteiger partial charge on any atom is 0.342 e. The number of thioether (sulfide) groups is 1. The lowest BCUT2D eigenvalue weighted by Crippen LogP contribution is -1.97. The molecule has 7 nitrogen and oxygen atoms in total. The molecule has 0 unspecified atom stereocenters. The van der Waals surface area contributed by atoms with Crippen molar-refractivity contribution in [1.29, 1.82) is 0 Å². The molecule has 0 aliphatic heterocycles. The number of methoxy groups -OCH3 is 2. The maximum atomic E-state index is 11.6. The second-order valence-electron chi connectivity index (χ2n) is 5.89. The Morgan fingerprint density at radius 2 is 1.75 bits per heavy atom. The lowest BCUT2D eigenvalue weighted by Gasteiger charge is -2.06. The number of carbonyl (C=O) groups is 1. The van der Waals surface area contributed by atoms with Crippen molar-refractivity contribution in [1.82, 2.24) is 15.2 Å². The zero-order valence-electron chi connectivity index (χ0n) is 15.6. The van der Waals surface area contributed by atoms with Gasteiger partial charge in [-0.15, -0.1) is 5.10 Å². The minimum atomic E-state index is -1.04. The highest BCUT2D eigenvalue weighted by molar-refractivity contribution is 8.04. The van der Waals surface area contributed by atoms with Crippen molar-refractivity contribution >= 4 is 23.8 Å². The summed E-state index contributed by atoms with van der Waals surface area (Å²) in [7, 11) is 3.13. The Morgan fingerprint density at radius 1 is 1.11 bits per heavy atom. The average molecular weight is 397 g/mol. The van der Waals surface area contributed by atoms with E-state index in [1.54, 1.807) is 38.5 Å². The van der Waals surface area contributed by atoms with E-state index in [4.69, 9.17) is 9.47 Å². The molecule has 0 fully saturated rings. The summed E-state index contributed by atoms with van der Waals surface area (Å²) in [5.74, 6) is 0.677. The molecule has 0 spiro atoms. The van der Waals surface area contributed by atoms with Crippen LogP contribution in [-0.4, -0.2) is 40.5 Å². The highest BCUT2D eigenvalue weighted by atomic mass is 32.2. The van der Waals surface area contributed by atoms with Gasteiger partial charge < -0.3 is 14.6 Å². The fourth-order valence-corrected chi connectivity index (χ4v) is 3.12. The minimum absolute atomic E-state index is 0.123. The molecule has 8 heteroatoms. The van der Waals surface area contributed by atoms with E-state index in [-0.39, 0.29) is 4.91 Å². The third kappa shape index (κ3) is 4.72. The van der Waals surface area contributed by atoms with Gasteiger partial charge in [0.25, 0.3) is 0 Å². The average Bonchev–Trinajstić information content (AvgIpc) is 3.17. The van der Waals surface area contributed by atoms with Gasteiger partial charge in [0.15, 0.2) is 5.82 Å². The molecule has 2 aromatic carbocycles. The van der Waals surface area contributed by atoms with Gasteiger partial charge in [-0.05, 0) is 42.5 Å². The lowest BCUT2D eigenvalue weighted by atomic mass is 10.1. The molecule has 0 amide bonds. The minimum Gasteiger partial charge on any atom is -0.497 e. The van der Waals surface area contributed by atoms with Gasteiger partial charge in [0.1, 0.15) is 16.4 Å². The third-order valence-corrected chi connectivity index (χ3v) is 4.75. The number of aryl methyl sites for hydroxylation is 1. The smallest absolute Gasteiger partial charge is 0.342 e. The van der Waals surface area contributed by atoms with E-state index in [9.17, 15) is 9.90 Å². The number of hydrogen-bond donors (Lipinski definition) is 2. The molecule has 2 N–H and O–H groups in total. The van der Waals surface area contributed by atoms with Crippen LogP contribution in [0.1, 0.15) is 11.1 Å². The Balaban J connectivity index is 1.86. The van der Waals surface area contributed by atoms with E-state index < -0.39 is 5.97 Å². The molecule has 0 aliphatic carbocycles. The summed E-state index contributed by atoms with van der Waals surface area (Å²) in [6.07, 6.45) is 1.59. The van der Waals surface area contributed by atoms with Crippen LogP contribution in [0.5, 0.6) is 11.5 Å². The summed E-state index contributed by atoms with van der Waals surface area (Å²) in [6.45, 7) is 1.98. The molecule has 1 aromatic heterocycles. The van der Waals surface area contributed by atoms with Gasteiger partial charge in [-0.3, -0.25) is 5.10 Å². The van der Waals surface area contributed by atoms with Gasteiger partial charge >= 0.3 is 5.97 Å². The van der Waals surface area contributed by atoms with Crippen LogP contribution >= 0.6 is 11.8 Å². The van der Waals surface area contributed by atoms with Crippen molar-refractivity contribution < 1.29 is 19.4 Å².